The van der Waals surface area contributed by atoms with E-state index in [0.717, 1.165) is 22.2 Å². The number of hydrogen-bond donors (Lipinski definition) is 0. The van der Waals surface area contributed by atoms with Gasteiger partial charge in [-0.3, -0.25) is 4.79 Å². The molecule has 0 bridgehead atoms. The fraction of sp³-hybridized carbons (Fsp3) is 0.389. The molecule has 3 heteroatoms. The van der Waals surface area contributed by atoms with E-state index in [0.29, 0.717) is 12.8 Å². The van der Waals surface area contributed by atoms with E-state index in [2.05, 4.69) is 41.6 Å². The Kier molecular flexibility index (Phi) is 5.80. The number of ether oxygens (including phenoxy) is 1. The van der Waals surface area contributed by atoms with E-state index in [-0.39, 0.29) is 11.9 Å². The maximum absolute atomic E-state index is 11.9. The quantitative estimate of drug-likeness (QED) is 0.647. The SMILES string of the molecule is C=CCC1=C[C@@H](Oc2cc(CCCC)ccc2Br)CC1=O. The van der Waals surface area contributed by atoms with Gasteiger partial charge < -0.3 is 4.74 Å². The zero-order valence-electron chi connectivity index (χ0n) is 12.4. The van der Waals surface area contributed by atoms with E-state index >= 15 is 0 Å². The van der Waals surface area contributed by atoms with Crippen molar-refractivity contribution in [3.63, 3.8) is 0 Å². The molecule has 0 amide bonds. The van der Waals surface area contributed by atoms with Crippen LogP contribution in [0.25, 0.3) is 0 Å². The first-order chi connectivity index (χ1) is 10.1. The lowest BCUT2D eigenvalue weighted by Crippen LogP contribution is -2.12. The maximum atomic E-state index is 11.9. The highest BCUT2D eigenvalue weighted by molar-refractivity contribution is 9.10. The first kappa shape index (κ1) is 16.0. The summed E-state index contributed by atoms with van der Waals surface area (Å²) in [6.45, 7) is 5.87. The van der Waals surface area contributed by atoms with Crippen molar-refractivity contribution in [2.24, 2.45) is 0 Å². The van der Waals surface area contributed by atoms with E-state index < -0.39 is 0 Å². The fourth-order valence-electron chi connectivity index (χ4n) is 2.44. The highest BCUT2D eigenvalue weighted by Crippen LogP contribution is 2.30. The predicted molar refractivity (Wildman–Crippen MR) is 89.7 cm³/mol. The second-order valence-corrected chi connectivity index (χ2v) is 6.19. The summed E-state index contributed by atoms with van der Waals surface area (Å²) in [5.74, 6) is 0.982. The zero-order chi connectivity index (χ0) is 15.2. The number of aryl methyl sites for hydroxylation is 1. The number of carbonyl (C=O) groups is 1. The molecule has 0 N–H and O–H groups in total. The molecule has 1 aliphatic rings. The molecule has 2 rings (SSSR count). The molecule has 0 saturated carbocycles. The van der Waals surface area contributed by atoms with Gasteiger partial charge in [0, 0.05) is 0 Å². The van der Waals surface area contributed by atoms with Gasteiger partial charge in [0.1, 0.15) is 11.9 Å². The molecule has 1 aliphatic carbocycles. The van der Waals surface area contributed by atoms with Gasteiger partial charge in [-0.05, 0) is 64.5 Å². The summed E-state index contributed by atoms with van der Waals surface area (Å²) in [6.07, 6.45) is 7.98. The molecule has 0 spiro atoms. The average molecular weight is 349 g/mol. The highest BCUT2D eigenvalue weighted by Gasteiger charge is 2.24. The fourth-order valence-corrected chi connectivity index (χ4v) is 2.78. The Hall–Kier alpha value is -1.35. The molecule has 21 heavy (non-hydrogen) atoms. The van der Waals surface area contributed by atoms with Crippen molar-refractivity contribution in [3.05, 3.63) is 52.5 Å². The van der Waals surface area contributed by atoms with Crippen LogP contribution in [-0.4, -0.2) is 11.9 Å². The van der Waals surface area contributed by atoms with Crippen LogP contribution in [0.1, 0.15) is 38.2 Å². The number of carbonyl (C=O) groups excluding carboxylic acids is 1. The smallest absolute Gasteiger partial charge is 0.163 e. The summed E-state index contributed by atoms with van der Waals surface area (Å²) in [7, 11) is 0. The van der Waals surface area contributed by atoms with Gasteiger partial charge in [0.25, 0.3) is 0 Å². The van der Waals surface area contributed by atoms with Crippen LogP contribution < -0.4 is 4.74 Å². The molecule has 0 heterocycles. The normalized spacial score (nSPS) is 17.7. The Labute approximate surface area is 135 Å². The van der Waals surface area contributed by atoms with Crippen LogP contribution in [0.5, 0.6) is 5.75 Å². The van der Waals surface area contributed by atoms with Gasteiger partial charge in [0.2, 0.25) is 0 Å². The summed E-state index contributed by atoms with van der Waals surface area (Å²) >= 11 is 3.52. The average Bonchev–Trinajstić information content (AvgIpc) is 2.80. The van der Waals surface area contributed by atoms with Crippen molar-refractivity contribution in [1.29, 1.82) is 0 Å². The van der Waals surface area contributed by atoms with Crippen LogP contribution >= 0.6 is 15.9 Å². The summed E-state index contributed by atoms with van der Waals surface area (Å²) in [4.78, 5) is 11.9. The summed E-state index contributed by atoms with van der Waals surface area (Å²) in [5.41, 5.74) is 2.09. The van der Waals surface area contributed by atoms with Gasteiger partial charge in [0.05, 0.1) is 10.9 Å². The third-order valence-electron chi connectivity index (χ3n) is 3.59. The lowest BCUT2D eigenvalue weighted by atomic mass is 10.1. The van der Waals surface area contributed by atoms with Crippen LogP contribution in [0.4, 0.5) is 0 Å². The maximum Gasteiger partial charge on any atom is 0.163 e. The lowest BCUT2D eigenvalue weighted by molar-refractivity contribution is -0.115. The van der Waals surface area contributed by atoms with Crippen molar-refractivity contribution in [3.8, 4) is 5.75 Å². The van der Waals surface area contributed by atoms with Crippen molar-refractivity contribution in [2.75, 3.05) is 0 Å². The monoisotopic (exact) mass is 348 g/mol. The van der Waals surface area contributed by atoms with Gasteiger partial charge in [0.15, 0.2) is 5.78 Å². The summed E-state index contributed by atoms with van der Waals surface area (Å²) in [5, 5.41) is 0. The lowest BCUT2D eigenvalue weighted by Gasteiger charge is -2.14. The highest BCUT2D eigenvalue weighted by atomic mass is 79.9. The van der Waals surface area contributed by atoms with Crippen molar-refractivity contribution in [1.82, 2.24) is 0 Å². The molecule has 1 atom stereocenters. The van der Waals surface area contributed by atoms with Crippen LogP contribution in [0, 0.1) is 0 Å². The van der Waals surface area contributed by atoms with Crippen LogP contribution in [0.2, 0.25) is 0 Å². The number of allylic oxidation sites excluding steroid dienone is 2. The Morgan fingerprint density at radius 2 is 2.29 bits per heavy atom. The van der Waals surface area contributed by atoms with Gasteiger partial charge >= 0.3 is 0 Å². The van der Waals surface area contributed by atoms with Gasteiger partial charge in [-0.2, -0.15) is 0 Å². The Balaban J connectivity index is 2.09. The molecule has 1 aromatic rings. The van der Waals surface area contributed by atoms with Crippen LogP contribution in [0.3, 0.4) is 0 Å². The van der Waals surface area contributed by atoms with E-state index in [4.69, 9.17) is 4.74 Å². The van der Waals surface area contributed by atoms with E-state index in [1.54, 1.807) is 6.08 Å². The molecule has 0 radical (unpaired) electrons. The molecule has 0 saturated heterocycles. The minimum absolute atomic E-state index is 0.162. The molecular weight excluding hydrogens is 328 g/mol. The third-order valence-corrected chi connectivity index (χ3v) is 4.24. The molecule has 0 unspecified atom stereocenters. The molecule has 0 fully saturated rings. The molecule has 112 valence electrons. The number of benzene rings is 1. The molecular formula is C18H21BrO2. The number of Topliss-reactive ketones (excluding diaryl/α,β-unsaturated/α-hetero) is 1. The molecule has 0 aliphatic heterocycles. The van der Waals surface area contributed by atoms with Crippen molar-refractivity contribution >= 4 is 21.7 Å². The Morgan fingerprint density at radius 1 is 1.48 bits per heavy atom. The van der Waals surface area contributed by atoms with E-state index in [1.807, 2.05) is 12.1 Å². The third kappa shape index (κ3) is 4.31. The molecule has 2 nitrogen and oxygen atoms in total. The topological polar surface area (TPSA) is 26.3 Å². The predicted octanol–water partition coefficient (Wildman–Crippen LogP) is 5.01. The summed E-state index contributed by atoms with van der Waals surface area (Å²) in [6, 6.07) is 6.21. The minimum Gasteiger partial charge on any atom is -0.485 e. The second kappa shape index (κ2) is 7.60. The van der Waals surface area contributed by atoms with Gasteiger partial charge in [-0.15, -0.1) is 6.58 Å². The number of hydrogen-bond acceptors (Lipinski definition) is 2. The number of unbranched alkanes of at least 4 members (excludes halogenated alkanes) is 1. The van der Waals surface area contributed by atoms with E-state index in [9.17, 15) is 4.79 Å². The van der Waals surface area contributed by atoms with Crippen molar-refractivity contribution in [2.45, 2.75) is 45.1 Å². The van der Waals surface area contributed by atoms with Crippen LogP contribution in [0.15, 0.2) is 47.0 Å². The first-order valence-electron chi connectivity index (χ1n) is 7.44. The second-order valence-electron chi connectivity index (χ2n) is 5.34. The van der Waals surface area contributed by atoms with Crippen LogP contribution in [-0.2, 0) is 11.2 Å². The largest absolute Gasteiger partial charge is 0.485 e. The summed E-state index contributed by atoms with van der Waals surface area (Å²) < 4.78 is 6.93. The zero-order valence-corrected chi connectivity index (χ0v) is 14.0. The Morgan fingerprint density at radius 3 is 3.00 bits per heavy atom. The van der Waals surface area contributed by atoms with Gasteiger partial charge in [-0.1, -0.05) is 25.5 Å². The standard InChI is InChI=1S/C18H21BrO2/c1-3-5-7-13-8-9-16(19)18(10-13)21-15-11-14(6-4-2)17(20)12-15/h4,8-11,15H,2-3,5-7,12H2,1H3/t15-/m1/s1. The number of rotatable bonds is 7. The van der Waals surface area contributed by atoms with E-state index in [1.165, 1.54) is 18.4 Å². The molecule has 0 aromatic heterocycles. The first-order valence-corrected chi connectivity index (χ1v) is 8.23. The molecule has 1 aromatic carbocycles. The number of halogens is 1. The minimum atomic E-state index is -0.162. The van der Waals surface area contributed by atoms with Gasteiger partial charge in [-0.25, -0.2) is 0 Å². The van der Waals surface area contributed by atoms with Crippen molar-refractivity contribution < 1.29 is 9.53 Å². The number of ketones is 1. The Bertz CT molecular complexity index is 560.